The van der Waals surface area contributed by atoms with Gasteiger partial charge in [0.1, 0.15) is 25.2 Å². The Morgan fingerprint density at radius 2 is 1.72 bits per heavy atom. The van der Waals surface area contributed by atoms with Crippen molar-refractivity contribution in [3.8, 4) is 0 Å². The van der Waals surface area contributed by atoms with Crippen LogP contribution in [0.5, 0.6) is 0 Å². The third kappa shape index (κ3) is 7.46. The minimum atomic E-state index is 0. The molecule has 0 aliphatic rings. The standard InChI is InChI=1S/C23H31N5.BrH/c1-25-18-19-27(21-25)15-9-3-4-10-16-28-17-11-8-14-23(28)20-24-26(2)22-12-6-5-7-13-22;/h5-8,11-14,17-21H,3-4,9-10,15-16H2,1-2H3;1H/q+2;. The van der Waals surface area contributed by atoms with Crippen LogP contribution in [0, 0.1) is 0 Å². The van der Waals surface area contributed by atoms with Gasteiger partial charge in [0.25, 0.3) is 0 Å². The minimum absolute atomic E-state index is 0. The molecule has 1 aromatic carbocycles. The van der Waals surface area contributed by atoms with E-state index in [1.165, 1.54) is 25.7 Å². The molecule has 6 heteroatoms. The molecule has 0 fully saturated rings. The van der Waals surface area contributed by atoms with Crippen LogP contribution in [0.3, 0.4) is 0 Å². The van der Waals surface area contributed by atoms with Gasteiger partial charge in [-0.3, -0.25) is 5.01 Å². The second kappa shape index (κ2) is 12.2. The number of aromatic nitrogens is 3. The van der Waals surface area contributed by atoms with Gasteiger partial charge in [-0.2, -0.15) is 9.67 Å². The van der Waals surface area contributed by atoms with Gasteiger partial charge in [0.15, 0.2) is 6.20 Å². The monoisotopic (exact) mass is 457 g/mol. The Bertz CT molecular complexity index is 876. The molecule has 0 radical (unpaired) electrons. The molecule has 2 aromatic heterocycles. The van der Waals surface area contributed by atoms with E-state index in [2.05, 4.69) is 81.1 Å². The normalized spacial score (nSPS) is 10.8. The number of pyridine rings is 1. The fourth-order valence-electron chi connectivity index (χ4n) is 3.23. The summed E-state index contributed by atoms with van der Waals surface area (Å²) in [6, 6.07) is 16.5. The molecule has 3 aromatic rings. The molecule has 3 rings (SSSR count). The van der Waals surface area contributed by atoms with Crippen LogP contribution in [0.25, 0.3) is 0 Å². The number of hydrogen-bond donors (Lipinski definition) is 0. The van der Waals surface area contributed by atoms with Gasteiger partial charge in [-0.25, -0.2) is 9.13 Å². The Labute approximate surface area is 184 Å². The van der Waals surface area contributed by atoms with E-state index < -0.39 is 0 Å². The Morgan fingerprint density at radius 3 is 2.48 bits per heavy atom. The Balaban J connectivity index is 0.00000300. The summed E-state index contributed by atoms with van der Waals surface area (Å²) in [5.41, 5.74) is 2.21. The summed E-state index contributed by atoms with van der Waals surface area (Å²) in [6.07, 6.45) is 15.4. The van der Waals surface area contributed by atoms with Crippen molar-refractivity contribution in [3.05, 3.63) is 79.1 Å². The zero-order valence-electron chi connectivity index (χ0n) is 17.4. The molecule has 2 heterocycles. The molecule has 0 aliphatic carbocycles. The average Bonchev–Trinajstić information content (AvgIpc) is 3.15. The summed E-state index contributed by atoms with van der Waals surface area (Å²) in [6.45, 7) is 2.12. The highest BCUT2D eigenvalue weighted by atomic mass is 79.9. The second-order valence-corrected chi connectivity index (χ2v) is 7.15. The van der Waals surface area contributed by atoms with E-state index in [0.717, 1.165) is 24.5 Å². The lowest BCUT2D eigenvalue weighted by Gasteiger charge is -2.11. The van der Waals surface area contributed by atoms with Gasteiger partial charge in [0.05, 0.1) is 19.3 Å². The maximum absolute atomic E-state index is 4.60. The number of rotatable bonds is 10. The van der Waals surface area contributed by atoms with Gasteiger partial charge in [0, 0.05) is 25.6 Å². The second-order valence-electron chi connectivity index (χ2n) is 7.15. The van der Waals surface area contributed by atoms with Crippen molar-refractivity contribution in [1.82, 2.24) is 4.57 Å². The number of hydrazone groups is 1. The van der Waals surface area contributed by atoms with E-state index in [4.69, 9.17) is 0 Å². The maximum Gasteiger partial charge on any atom is 0.243 e. The van der Waals surface area contributed by atoms with Crippen LogP contribution in [-0.4, -0.2) is 17.8 Å². The van der Waals surface area contributed by atoms with Gasteiger partial charge in [-0.05, 0) is 37.5 Å². The Hall–Kier alpha value is -2.47. The number of hydrogen-bond acceptors (Lipinski definition) is 2. The third-order valence-electron chi connectivity index (χ3n) is 4.86. The number of aryl methyl sites for hydroxylation is 3. The van der Waals surface area contributed by atoms with Gasteiger partial charge in [0.2, 0.25) is 12.0 Å². The summed E-state index contributed by atoms with van der Waals surface area (Å²) in [5.74, 6) is 0. The largest absolute Gasteiger partial charge is 0.268 e. The lowest BCUT2D eigenvalue weighted by atomic mass is 10.2. The van der Waals surface area contributed by atoms with Gasteiger partial charge in [-0.15, -0.1) is 17.0 Å². The first-order chi connectivity index (χ1) is 13.7. The number of imidazole rings is 1. The molecule has 0 N–H and O–H groups in total. The lowest BCUT2D eigenvalue weighted by molar-refractivity contribution is -0.698. The van der Waals surface area contributed by atoms with Crippen molar-refractivity contribution in [2.75, 3.05) is 12.1 Å². The molecular weight excluding hydrogens is 426 g/mol. The summed E-state index contributed by atoms with van der Waals surface area (Å²) in [4.78, 5) is 0. The predicted molar refractivity (Wildman–Crippen MR) is 123 cm³/mol. The first kappa shape index (κ1) is 22.8. The molecule has 5 nitrogen and oxygen atoms in total. The van der Waals surface area contributed by atoms with Crippen LogP contribution in [0.1, 0.15) is 31.4 Å². The van der Waals surface area contributed by atoms with E-state index in [0.29, 0.717) is 0 Å². The first-order valence-corrected chi connectivity index (χ1v) is 10.0. The van der Waals surface area contributed by atoms with E-state index >= 15 is 0 Å². The molecule has 0 atom stereocenters. The molecular formula is C23H32BrN5+2. The van der Waals surface area contributed by atoms with Crippen molar-refractivity contribution in [1.29, 1.82) is 0 Å². The fraction of sp³-hybridized carbons (Fsp3) is 0.348. The van der Waals surface area contributed by atoms with Crippen LogP contribution < -0.4 is 14.1 Å². The highest BCUT2D eigenvalue weighted by Gasteiger charge is 2.08. The number of halogens is 1. The molecule has 154 valence electrons. The lowest BCUT2D eigenvalue weighted by Crippen LogP contribution is -2.38. The Morgan fingerprint density at radius 1 is 0.966 bits per heavy atom. The number of unbranched alkanes of at least 4 members (excludes halogenated alkanes) is 3. The average molecular weight is 458 g/mol. The van der Waals surface area contributed by atoms with Crippen LogP contribution in [0.4, 0.5) is 5.69 Å². The number of para-hydroxylation sites is 1. The molecule has 0 amide bonds. The number of nitrogens with zero attached hydrogens (tertiary/aromatic N) is 5. The van der Waals surface area contributed by atoms with Gasteiger partial charge >= 0.3 is 0 Å². The van der Waals surface area contributed by atoms with Gasteiger partial charge < -0.3 is 0 Å². The van der Waals surface area contributed by atoms with E-state index in [1.807, 2.05) is 36.5 Å². The van der Waals surface area contributed by atoms with Crippen LogP contribution >= 0.6 is 17.0 Å². The highest BCUT2D eigenvalue weighted by molar-refractivity contribution is 8.93. The summed E-state index contributed by atoms with van der Waals surface area (Å²) >= 11 is 0. The van der Waals surface area contributed by atoms with Crippen molar-refractivity contribution in [2.45, 2.75) is 38.8 Å². The molecule has 0 saturated carbocycles. The number of anilines is 1. The molecule has 0 spiro atoms. The van der Waals surface area contributed by atoms with Crippen LogP contribution in [0.2, 0.25) is 0 Å². The smallest absolute Gasteiger partial charge is 0.243 e. The Kier molecular flexibility index (Phi) is 9.57. The fourth-order valence-corrected chi connectivity index (χ4v) is 3.23. The van der Waals surface area contributed by atoms with Crippen molar-refractivity contribution in [2.24, 2.45) is 12.1 Å². The van der Waals surface area contributed by atoms with Crippen LogP contribution in [0.15, 0.2) is 78.6 Å². The molecule has 0 bridgehead atoms. The predicted octanol–water partition coefficient (Wildman–Crippen LogP) is 3.91. The van der Waals surface area contributed by atoms with Gasteiger partial charge in [-0.1, -0.05) is 18.2 Å². The minimum Gasteiger partial charge on any atom is -0.268 e. The van der Waals surface area contributed by atoms with E-state index in [1.54, 1.807) is 0 Å². The number of benzene rings is 1. The van der Waals surface area contributed by atoms with Crippen molar-refractivity contribution < 1.29 is 9.13 Å². The van der Waals surface area contributed by atoms with Crippen molar-refractivity contribution >= 4 is 28.9 Å². The highest BCUT2D eigenvalue weighted by Crippen LogP contribution is 2.10. The molecule has 0 aliphatic heterocycles. The topological polar surface area (TPSA) is 28.3 Å². The maximum atomic E-state index is 4.60. The van der Waals surface area contributed by atoms with Crippen molar-refractivity contribution in [3.63, 3.8) is 0 Å². The third-order valence-corrected chi connectivity index (χ3v) is 4.86. The zero-order valence-corrected chi connectivity index (χ0v) is 19.1. The summed E-state index contributed by atoms with van der Waals surface area (Å²) in [7, 11) is 4.04. The quantitative estimate of drug-likeness (QED) is 0.196. The molecule has 0 unspecified atom stereocenters. The van der Waals surface area contributed by atoms with Crippen LogP contribution in [-0.2, 0) is 20.1 Å². The summed E-state index contributed by atoms with van der Waals surface area (Å²) in [5, 5.41) is 6.50. The zero-order chi connectivity index (χ0) is 19.6. The SMILES string of the molecule is Br.CN(N=Cc1cccc[n+]1CCCCCCn1cc[n+](C)c1)c1ccccc1. The first-order valence-electron chi connectivity index (χ1n) is 10.0. The van der Waals surface area contributed by atoms with E-state index in [9.17, 15) is 0 Å². The summed E-state index contributed by atoms with van der Waals surface area (Å²) < 4.78 is 6.63. The molecule has 29 heavy (non-hydrogen) atoms. The molecule has 0 saturated heterocycles. The van der Waals surface area contributed by atoms with E-state index in [-0.39, 0.29) is 17.0 Å².